The smallest absolute Gasteiger partial charge is 0.183 e. The molecule has 0 saturated carbocycles. The van der Waals surface area contributed by atoms with Crippen LogP contribution in [0.2, 0.25) is 0 Å². The van der Waals surface area contributed by atoms with Crippen molar-refractivity contribution in [3.8, 4) is 0 Å². The molecular formula is C7H9FN2. The van der Waals surface area contributed by atoms with Crippen LogP contribution in [0.15, 0.2) is 12.3 Å². The van der Waals surface area contributed by atoms with E-state index in [1.54, 1.807) is 6.07 Å². The SMILES string of the molecule is CC(C)c1ccnnc1F. The van der Waals surface area contributed by atoms with Crippen LogP contribution in [-0.2, 0) is 0 Å². The summed E-state index contributed by atoms with van der Waals surface area (Å²) in [5.41, 5.74) is 0.620. The monoisotopic (exact) mass is 140 g/mol. The Morgan fingerprint density at radius 1 is 1.50 bits per heavy atom. The lowest BCUT2D eigenvalue weighted by molar-refractivity contribution is 0.537. The Labute approximate surface area is 59.1 Å². The molecule has 0 aliphatic rings. The predicted molar refractivity (Wildman–Crippen MR) is 36.1 cm³/mol. The lowest BCUT2D eigenvalue weighted by Gasteiger charge is -2.02. The third-order valence-corrected chi connectivity index (χ3v) is 1.33. The average molecular weight is 140 g/mol. The molecule has 0 aliphatic carbocycles. The molecule has 1 aromatic rings. The van der Waals surface area contributed by atoms with Crippen LogP contribution >= 0.6 is 0 Å². The van der Waals surface area contributed by atoms with Crippen LogP contribution in [0.25, 0.3) is 0 Å². The number of halogens is 1. The standard InChI is InChI=1S/C7H9FN2/c1-5(2)6-3-4-9-10-7(6)8/h3-5H,1-2H3. The van der Waals surface area contributed by atoms with Gasteiger partial charge in [0.2, 0.25) is 5.95 Å². The molecule has 3 heteroatoms. The van der Waals surface area contributed by atoms with E-state index in [-0.39, 0.29) is 5.92 Å². The maximum absolute atomic E-state index is 12.7. The topological polar surface area (TPSA) is 25.8 Å². The van der Waals surface area contributed by atoms with Gasteiger partial charge in [0.25, 0.3) is 0 Å². The van der Waals surface area contributed by atoms with E-state index in [0.29, 0.717) is 5.56 Å². The second-order valence-corrected chi connectivity index (χ2v) is 2.43. The summed E-state index contributed by atoms with van der Waals surface area (Å²) in [5, 5.41) is 6.69. The molecule has 0 bridgehead atoms. The summed E-state index contributed by atoms with van der Waals surface area (Å²) in [7, 11) is 0. The lowest BCUT2D eigenvalue weighted by atomic mass is 10.1. The second-order valence-electron chi connectivity index (χ2n) is 2.43. The first-order valence-electron chi connectivity index (χ1n) is 3.19. The quantitative estimate of drug-likeness (QED) is 0.593. The molecule has 0 unspecified atom stereocenters. The normalized spacial score (nSPS) is 10.4. The summed E-state index contributed by atoms with van der Waals surface area (Å²) in [4.78, 5) is 0. The highest BCUT2D eigenvalue weighted by atomic mass is 19.1. The molecule has 0 N–H and O–H groups in total. The van der Waals surface area contributed by atoms with Crippen LogP contribution in [-0.4, -0.2) is 10.2 Å². The Kier molecular flexibility index (Phi) is 1.94. The van der Waals surface area contributed by atoms with Gasteiger partial charge in [0.15, 0.2) is 0 Å². The summed E-state index contributed by atoms with van der Waals surface area (Å²) >= 11 is 0. The molecule has 1 rings (SSSR count). The first-order chi connectivity index (χ1) is 4.72. The Morgan fingerprint density at radius 2 is 2.20 bits per heavy atom. The molecule has 0 aliphatic heterocycles. The molecule has 0 radical (unpaired) electrons. The minimum atomic E-state index is -0.461. The predicted octanol–water partition coefficient (Wildman–Crippen LogP) is 1.74. The zero-order valence-electron chi connectivity index (χ0n) is 6.00. The maximum atomic E-state index is 12.7. The van der Waals surface area contributed by atoms with Gasteiger partial charge in [0.05, 0.1) is 6.20 Å². The third kappa shape index (κ3) is 1.29. The van der Waals surface area contributed by atoms with Gasteiger partial charge in [-0.05, 0) is 12.0 Å². The van der Waals surface area contributed by atoms with E-state index in [1.165, 1.54) is 6.20 Å². The Hall–Kier alpha value is -0.990. The second kappa shape index (κ2) is 2.73. The average Bonchev–Trinajstić information content (AvgIpc) is 1.88. The molecule has 1 aromatic heterocycles. The minimum absolute atomic E-state index is 0.176. The molecule has 0 saturated heterocycles. The van der Waals surface area contributed by atoms with Gasteiger partial charge in [-0.1, -0.05) is 13.8 Å². The molecular weight excluding hydrogens is 131 g/mol. The minimum Gasteiger partial charge on any atom is -0.183 e. The van der Waals surface area contributed by atoms with Crippen LogP contribution in [0, 0.1) is 5.95 Å². The molecule has 0 aromatic carbocycles. The van der Waals surface area contributed by atoms with Crippen molar-refractivity contribution in [2.24, 2.45) is 0 Å². The highest BCUT2D eigenvalue weighted by molar-refractivity contribution is 5.11. The fourth-order valence-corrected chi connectivity index (χ4v) is 0.755. The molecule has 0 fully saturated rings. The Bertz CT molecular complexity index is 223. The van der Waals surface area contributed by atoms with Gasteiger partial charge in [0, 0.05) is 5.56 Å². The van der Waals surface area contributed by atoms with Gasteiger partial charge >= 0.3 is 0 Å². The lowest BCUT2D eigenvalue weighted by Crippen LogP contribution is -1.96. The van der Waals surface area contributed by atoms with Crippen molar-refractivity contribution in [1.29, 1.82) is 0 Å². The van der Waals surface area contributed by atoms with E-state index >= 15 is 0 Å². The van der Waals surface area contributed by atoms with Crippen LogP contribution in [0.1, 0.15) is 25.3 Å². The first kappa shape index (κ1) is 7.12. The fourth-order valence-electron chi connectivity index (χ4n) is 0.755. The highest BCUT2D eigenvalue weighted by Crippen LogP contribution is 2.14. The number of nitrogens with zero attached hydrogens (tertiary/aromatic N) is 2. The van der Waals surface area contributed by atoms with Crippen LogP contribution in [0.4, 0.5) is 4.39 Å². The van der Waals surface area contributed by atoms with Crippen LogP contribution in [0.5, 0.6) is 0 Å². The van der Waals surface area contributed by atoms with E-state index in [1.807, 2.05) is 13.8 Å². The first-order valence-corrected chi connectivity index (χ1v) is 3.19. The zero-order chi connectivity index (χ0) is 7.56. The van der Waals surface area contributed by atoms with Crippen molar-refractivity contribution in [2.45, 2.75) is 19.8 Å². The fraction of sp³-hybridized carbons (Fsp3) is 0.429. The van der Waals surface area contributed by atoms with Crippen molar-refractivity contribution < 1.29 is 4.39 Å². The van der Waals surface area contributed by atoms with Gasteiger partial charge in [0.1, 0.15) is 0 Å². The highest BCUT2D eigenvalue weighted by Gasteiger charge is 2.05. The molecule has 0 spiro atoms. The Balaban J connectivity index is 3.03. The summed E-state index contributed by atoms with van der Waals surface area (Å²) < 4.78 is 12.7. The van der Waals surface area contributed by atoms with Gasteiger partial charge in [-0.25, -0.2) is 0 Å². The summed E-state index contributed by atoms with van der Waals surface area (Å²) in [6, 6.07) is 1.65. The molecule has 1 heterocycles. The molecule has 10 heavy (non-hydrogen) atoms. The number of aromatic nitrogens is 2. The summed E-state index contributed by atoms with van der Waals surface area (Å²) in [6.07, 6.45) is 1.50. The van der Waals surface area contributed by atoms with E-state index in [0.717, 1.165) is 0 Å². The van der Waals surface area contributed by atoms with Crippen molar-refractivity contribution in [2.75, 3.05) is 0 Å². The Morgan fingerprint density at radius 3 is 2.60 bits per heavy atom. The van der Waals surface area contributed by atoms with Crippen molar-refractivity contribution in [3.63, 3.8) is 0 Å². The largest absolute Gasteiger partial charge is 0.236 e. The zero-order valence-corrected chi connectivity index (χ0v) is 6.00. The van der Waals surface area contributed by atoms with Crippen molar-refractivity contribution in [3.05, 3.63) is 23.8 Å². The van der Waals surface area contributed by atoms with Gasteiger partial charge in [-0.2, -0.15) is 9.49 Å². The van der Waals surface area contributed by atoms with Crippen molar-refractivity contribution >= 4 is 0 Å². The van der Waals surface area contributed by atoms with Gasteiger partial charge in [-0.15, -0.1) is 5.10 Å². The van der Waals surface area contributed by atoms with Crippen LogP contribution in [0.3, 0.4) is 0 Å². The molecule has 0 amide bonds. The van der Waals surface area contributed by atoms with Gasteiger partial charge in [-0.3, -0.25) is 0 Å². The van der Waals surface area contributed by atoms with Crippen LogP contribution < -0.4 is 0 Å². The molecule has 54 valence electrons. The van der Waals surface area contributed by atoms with Gasteiger partial charge < -0.3 is 0 Å². The van der Waals surface area contributed by atoms with E-state index < -0.39 is 5.95 Å². The van der Waals surface area contributed by atoms with E-state index in [2.05, 4.69) is 10.2 Å². The number of hydrogen-bond acceptors (Lipinski definition) is 2. The van der Waals surface area contributed by atoms with Crippen molar-refractivity contribution in [1.82, 2.24) is 10.2 Å². The van der Waals surface area contributed by atoms with E-state index in [4.69, 9.17) is 0 Å². The third-order valence-electron chi connectivity index (χ3n) is 1.33. The summed E-state index contributed by atoms with van der Waals surface area (Å²) in [5.74, 6) is -0.284. The van der Waals surface area contributed by atoms with E-state index in [9.17, 15) is 4.39 Å². The maximum Gasteiger partial charge on any atom is 0.236 e. The molecule has 2 nitrogen and oxygen atoms in total. The summed E-state index contributed by atoms with van der Waals surface area (Å²) in [6.45, 7) is 3.83. The molecule has 0 atom stereocenters. The number of hydrogen-bond donors (Lipinski definition) is 0. The number of rotatable bonds is 1.